The number of aliphatic imine (C=N–C) groups is 2. The molecule has 2 amide bonds. The molecule has 7 heteroatoms. The van der Waals surface area contributed by atoms with E-state index in [1.54, 1.807) is 4.90 Å². The van der Waals surface area contributed by atoms with Crippen LogP contribution in [0.15, 0.2) is 94.9 Å². The Morgan fingerprint density at radius 3 is 2.39 bits per heavy atom. The van der Waals surface area contributed by atoms with Gasteiger partial charge in [-0.1, -0.05) is 72.4 Å². The van der Waals surface area contributed by atoms with Gasteiger partial charge in [0.2, 0.25) is 5.91 Å². The maximum atomic E-state index is 13.3. The first kappa shape index (κ1) is 19.3. The molecule has 0 saturated carbocycles. The van der Waals surface area contributed by atoms with Gasteiger partial charge in [0.15, 0.2) is 11.2 Å². The number of rotatable bonds is 4. The Bertz CT molecular complexity index is 1210. The number of anilines is 1. The van der Waals surface area contributed by atoms with Crippen LogP contribution in [-0.2, 0) is 9.59 Å². The average Bonchev–Trinajstić information content (AvgIpc) is 3.16. The Morgan fingerprint density at radius 1 is 0.935 bits per heavy atom. The van der Waals surface area contributed by atoms with Crippen LogP contribution < -0.4 is 5.32 Å². The second kappa shape index (κ2) is 8.20. The summed E-state index contributed by atoms with van der Waals surface area (Å²) in [6.45, 7) is 0. The van der Waals surface area contributed by atoms with E-state index in [4.69, 9.17) is 4.99 Å². The number of amides is 2. The van der Waals surface area contributed by atoms with Gasteiger partial charge < -0.3 is 5.32 Å². The molecule has 0 fully saturated rings. The quantitative estimate of drug-likeness (QED) is 0.672. The SMILES string of the molecule is O=C(CSC1=Nc2ccccc2C2=N[C@H](c3ccccc3)C(=O)N12)Nc1ccccc1. The second-order valence-electron chi connectivity index (χ2n) is 7.05. The molecule has 0 aliphatic carbocycles. The average molecular weight is 427 g/mol. The number of fused-ring (bicyclic) bond motifs is 3. The molecule has 6 nitrogen and oxygen atoms in total. The van der Waals surface area contributed by atoms with Crippen LogP contribution in [0.1, 0.15) is 17.2 Å². The number of nitrogens with one attached hydrogen (secondary N) is 1. The molecule has 3 aromatic rings. The Hall–Kier alpha value is -3.71. The molecule has 0 saturated heterocycles. The Balaban J connectivity index is 1.42. The number of thioether (sulfide) groups is 1. The van der Waals surface area contributed by atoms with Crippen molar-refractivity contribution in [2.75, 3.05) is 11.1 Å². The summed E-state index contributed by atoms with van der Waals surface area (Å²) in [7, 11) is 0. The number of amidine groups is 2. The number of nitrogens with zero attached hydrogens (tertiary/aromatic N) is 3. The summed E-state index contributed by atoms with van der Waals surface area (Å²) in [4.78, 5) is 36.7. The minimum atomic E-state index is -0.619. The molecule has 1 N–H and O–H groups in total. The lowest BCUT2D eigenvalue weighted by molar-refractivity contribution is -0.124. The number of benzene rings is 3. The summed E-state index contributed by atoms with van der Waals surface area (Å²) < 4.78 is 0. The van der Waals surface area contributed by atoms with Crippen LogP contribution in [0.25, 0.3) is 0 Å². The van der Waals surface area contributed by atoms with Crippen molar-refractivity contribution < 1.29 is 9.59 Å². The van der Waals surface area contributed by atoms with Gasteiger partial charge in [0.05, 0.1) is 11.4 Å². The summed E-state index contributed by atoms with van der Waals surface area (Å²) in [5.41, 5.74) is 3.11. The third-order valence-corrected chi connectivity index (χ3v) is 5.91. The number of para-hydroxylation sites is 2. The topological polar surface area (TPSA) is 74.1 Å². The van der Waals surface area contributed by atoms with Crippen molar-refractivity contribution in [1.82, 2.24) is 4.90 Å². The van der Waals surface area contributed by atoms with Gasteiger partial charge in [-0.05, 0) is 29.8 Å². The normalized spacial score (nSPS) is 16.8. The van der Waals surface area contributed by atoms with Gasteiger partial charge in [-0.2, -0.15) is 0 Å². The largest absolute Gasteiger partial charge is 0.325 e. The number of carbonyl (C=O) groups excluding carboxylic acids is 2. The van der Waals surface area contributed by atoms with E-state index >= 15 is 0 Å². The molecule has 0 spiro atoms. The van der Waals surface area contributed by atoms with E-state index in [1.165, 1.54) is 11.8 Å². The highest BCUT2D eigenvalue weighted by Crippen LogP contribution is 2.37. The molecule has 152 valence electrons. The van der Waals surface area contributed by atoms with Crippen LogP contribution >= 0.6 is 11.8 Å². The predicted molar refractivity (Wildman–Crippen MR) is 124 cm³/mol. The Morgan fingerprint density at radius 2 is 1.61 bits per heavy atom. The van der Waals surface area contributed by atoms with Gasteiger partial charge in [-0.25, -0.2) is 14.9 Å². The molecule has 2 aliphatic heterocycles. The number of hydrogen-bond acceptors (Lipinski definition) is 5. The van der Waals surface area contributed by atoms with Gasteiger partial charge >= 0.3 is 0 Å². The lowest BCUT2D eigenvalue weighted by atomic mass is 10.1. The maximum Gasteiger partial charge on any atom is 0.263 e. The van der Waals surface area contributed by atoms with Crippen LogP contribution in [0.4, 0.5) is 11.4 Å². The smallest absolute Gasteiger partial charge is 0.263 e. The van der Waals surface area contributed by atoms with E-state index in [1.807, 2.05) is 84.9 Å². The molecule has 0 aromatic heterocycles. The fourth-order valence-electron chi connectivity index (χ4n) is 3.55. The van der Waals surface area contributed by atoms with Crippen molar-refractivity contribution in [1.29, 1.82) is 0 Å². The van der Waals surface area contributed by atoms with Crippen LogP contribution in [-0.4, -0.2) is 33.5 Å². The van der Waals surface area contributed by atoms with Gasteiger partial charge in [0.1, 0.15) is 5.84 Å². The van der Waals surface area contributed by atoms with Crippen molar-refractivity contribution in [2.45, 2.75) is 6.04 Å². The third kappa shape index (κ3) is 3.75. The standard InChI is InChI=1S/C24H18N4O2S/c29-20(25-17-11-5-2-6-12-17)15-31-24-26-19-14-8-7-13-18(19)22-27-21(23(30)28(22)24)16-9-3-1-4-10-16/h1-14,21H,15H2,(H,25,29)/t21-/m1/s1. The summed E-state index contributed by atoms with van der Waals surface area (Å²) >= 11 is 1.23. The molecule has 0 unspecified atom stereocenters. The van der Waals surface area contributed by atoms with Gasteiger partial charge in [0, 0.05) is 11.3 Å². The highest BCUT2D eigenvalue weighted by atomic mass is 32.2. The fourth-order valence-corrected chi connectivity index (χ4v) is 4.35. The van der Waals surface area contributed by atoms with E-state index in [-0.39, 0.29) is 17.6 Å². The molecule has 0 bridgehead atoms. The zero-order valence-electron chi connectivity index (χ0n) is 16.4. The molecule has 0 radical (unpaired) electrons. The zero-order valence-corrected chi connectivity index (χ0v) is 17.3. The predicted octanol–water partition coefficient (Wildman–Crippen LogP) is 4.39. The van der Waals surface area contributed by atoms with Crippen molar-refractivity contribution in [3.05, 3.63) is 96.1 Å². The minimum Gasteiger partial charge on any atom is -0.325 e. The number of hydrogen-bond donors (Lipinski definition) is 1. The van der Waals surface area contributed by atoms with E-state index < -0.39 is 6.04 Å². The van der Waals surface area contributed by atoms with Gasteiger partial charge in [-0.3, -0.25) is 9.59 Å². The van der Waals surface area contributed by atoms with E-state index in [9.17, 15) is 9.59 Å². The molecule has 31 heavy (non-hydrogen) atoms. The first-order valence-electron chi connectivity index (χ1n) is 9.83. The summed E-state index contributed by atoms with van der Waals surface area (Å²) in [6.07, 6.45) is 0. The van der Waals surface area contributed by atoms with Crippen molar-refractivity contribution in [2.24, 2.45) is 9.98 Å². The van der Waals surface area contributed by atoms with Crippen molar-refractivity contribution in [3.63, 3.8) is 0 Å². The third-order valence-electron chi connectivity index (χ3n) is 4.98. The number of carbonyl (C=O) groups is 2. The van der Waals surface area contributed by atoms with Crippen molar-refractivity contribution >= 4 is 46.0 Å². The molecule has 3 aromatic carbocycles. The molecular formula is C24H18N4O2S. The summed E-state index contributed by atoms with van der Waals surface area (Å²) in [5, 5.41) is 3.32. The zero-order chi connectivity index (χ0) is 21.2. The molecule has 2 aliphatic rings. The lowest BCUT2D eigenvalue weighted by Crippen LogP contribution is -2.40. The summed E-state index contributed by atoms with van der Waals surface area (Å²) in [5.74, 6) is 0.381. The van der Waals surface area contributed by atoms with Crippen molar-refractivity contribution in [3.8, 4) is 0 Å². The molecule has 2 heterocycles. The molecule has 1 atom stereocenters. The monoisotopic (exact) mass is 426 g/mol. The van der Waals surface area contributed by atoms with Gasteiger partial charge in [0.25, 0.3) is 5.91 Å². The molecule has 5 rings (SSSR count). The van der Waals surface area contributed by atoms with Crippen LogP contribution in [0.2, 0.25) is 0 Å². The van der Waals surface area contributed by atoms with Crippen LogP contribution in [0.3, 0.4) is 0 Å². The lowest BCUT2D eigenvalue weighted by Gasteiger charge is -2.25. The van der Waals surface area contributed by atoms with E-state index in [0.717, 1.165) is 22.5 Å². The summed E-state index contributed by atoms with van der Waals surface area (Å²) in [6, 6.07) is 25.7. The van der Waals surface area contributed by atoms with Crippen LogP contribution in [0.5, 0.6) is 0 Å². The first-order chi connectivity index (χ1) is 15.2. The molecular weight excluding hydrogens is 408 g/mol. The maximum absolute atomic E-state index is 13.3. The Kier molecular flexibility index (Phi) is 5.09. The van der Waals surface area contributed by atoms with Crippen LogP contribution in [0, 0.1) is 0 Å². The van der Waals surface area contributed by atoms with E-state index in [2.05, 4.69) is 10.3 Å². The highest BCUT2D eigenvalue weighted by Gasteiger charge is 2.42. The van der Waals surface area contributed by atoms with E-state index in [0.29, 0.717) is 11.0 Å². The highest BCUT2D eigenvalue weighted by molar-refractivity contribution is 8.14. The second-order valence-corrected chi connectivity index (χ2v) is 8.00. The first-order valence-corrected chi connectivity index (χ1v) is 10.8. The Labute approximate surface area is 183 Å². The minimum absolute atomic E-state index is 0.128. The van der Waals surface area contributed by atoms with Gasteiger partial charge in [-0.15, -0.1) is 0 Å². The fraction of sp³-hybridized carbons (Fsp3) is 0.0833.